The molecule has 0 saturated heterocycles. The Morgan fingerprint density at radius 1 is 1.18 bits per heavy atom. The number of hydrogen-bond donors (Lipinski definition) is 1. The first-order chi connectivity index (χ1) is 18.8. The van der Waals surface area contributed by atoms with Gasteiger partial charge in [-0.05, 0) is 61.9 Å². The van der Waals surface area contributed by atoms with Crippen LogP contribution in [0.2, 0.25) is 5.02 Å². The van der Waals surface area contributed by atoms with E-state index in [2.05, 4.69) is 15.3 Å². The molecule has 3 heterocycles. The van der Waals surface area contributed by atoms with Gasteiger partial charge in [0, 0.05) is 31.0 Å². The van der Waals surface area contributed by atoms with E-state index in [1.807, 2.05) is 0 Å². The average molecular weight is 560 g/mol. The van der Waals surface area contributed by atoms with E-state index in [0.717, 1.165) is 6.20 Å². The molecule has 0 bridgehead atoms. The van der Waals surface area contributed by atoms with Crippen LogP contribution in [0.3, 0.4) is 0 Å². The molecule has 39 heavy (non-hydrogen) atoms. The number of nitrogens with zero attached hydrogens (tertiary/aromatic N) is 4. The first-order valence-corrected chi connectivity index (χ1v) is 12.8. The molecule has 1 aliphatic rings. The van der Waals surface area contributed by atoms with Gasteiger partial charge in [0.15, 0.2) is 17.2 Å². The number of pyridine rings is 2. The molecule has 204 valence electrons. The molecule has 0 spiro atoms. The molecule has 0 aliphatic heterocycles. The number of carbonyl (C=O) groups is 1. The Kier molecular flexibility index (Phi) is 7.60. The van der Waals surface area contributed by atoms with E-state index in [1.165, 1.54) is 35.9 Å². The molecule has 4 aromatic rings. The summed E-state index contributed by atoms with van der Waals surface area (Å²) in [6.07, 6.45) is 2.44. The van der Waals surface area contributed by atoms with Gasteiger partial charge in [-0.25, -0.2) is 22.9 Å². The maximum atomic E-state index is 14.0. The Bertz CT molecular complexity index is 1580. The minimum absolute atomic E-state index is 0.0267. The van der Waals surface area contributed by atoms with Crippen molar-refractivity contribution in [1.82, 2.24) is 24.4 Å². The molecular formula is C27H25ClF3N5O3. The topological polar surface area (TPSA) is 91.0 Å². The summed E-state index contributed by atoms with van der Waals surface area (Å²) in [5.41, 5.74) is 0.409. The van der Waals surface area contributed by atoms with Crippen LogP contribution in [0.4, 0.5) is 13.2 Å². The Morgan fingerprint density at radius 3 is 2.67 bits per heavy atom. The van der Waals surface area contributed by atoms with Gasteiger partial charge in [-0.15, -0.1) is 0 Å². The number of fused-ring (bicyclic) bond motifs is 1. The van der Waals surface area contributed by atoms with E-state index in [1.54, 1.807) is 22.9 Å². The van der Waals surface area contributed by atoms with Crippen molar-refractivity contribution in [3.05, 3.63) is 81.4 Å². The zero-order valence-electron chi connectivity index (χ0n) is 20.9. The molecule has 8 nitrogen and oxygen atoms in total. The van der Waals surface area contributed by atoms with E-state index in [9.17, 15) is 22.8 Å². The van der Waals surface area contributed by atoms with Gasteiger partial charge < -0.3 is 10.1 Å². The second-order valence-corrected chi connectivity index (χ2v) is 9.91. The number of aromatic nitrogens is 4. The van der Waals surface area contributed by atoms with Gasteiger partial charge in [0.25, 0.3) is 12.3 Å². The van der Waals surface area contributed by atoms with E-state index in [4.69, 9.17) is 16.3 Å². The first kappa shape index (κ1) is 26.7. The fourth-order valence-electron chi connectivity index (χ4n) is 5.10. The predicted molar refractivity (Wildman–Crippen MR) is 139 cm³/mol. The number of benzene rings is 1. The number of ether oxygens (including phenoxy) is 1. The monoisotopic (exact) mass is 559 g/mol. The van der Waals surface area contributed by atoms with Gasteiger partial charge in [0.1, 0.15) is 5.69 Å². The number of amides is 1. The van der Waals surface area contributed by atoms with Gasteiger partial charge in [-0.2, -0.15) is 0 Å². The van der Waals surface area contributed by atoms with Gasteiger partial charge in [0.2, 0.25) is 0 Å². The van der Waals surface area contributed by atoms with Crippen LogP contribution in [0.15, 0.2) is 53.6 Å². The van der Waals surface area contributed by atoms with Crippen molar-refractivity contribution in [3.63, 3.8) is 0 Å². The maximum absolute atomic E-state index is 14.0. The smallest absolute Gasteiger partial charge is 0.334 e. The van der Waals surface area contributed by atoms with Gasteiger partial charge in [-0.3, -0.25) is 18.9 Å². The van der Waals surface area contributed by atoms with Crippen LogP contribution in [0.25, 0.3) is 16.9 Å². The maximum Gasteiger partial charge on any atom is 0.334 e. The number of carbonyl (C=O) groups excluding carboxylic acids is 1. The summed E-state index contributed by atoms with van der Waals surface area (Å²) in [6.45, 7) is 0.409. The highest BCUT2D eigenvalue weighted by atomic mass is 35.5. The third-order valence-electron chi connectivity index (χ3n) is 7.04. The highest BCUT2D eigenvalue weighted by Crippen LogP contribution is 2.29. The summed E-state index contributed by atoms with van der Waals surface area (Å²) in [4.78, 5) is 34.3. The Morgan fingerprint density at radius 2 is 1.95 bits per heavy atom. The molecule has 0 unspecified atom stereocenters. The average Bonchev–Trinajstić information content (AvgIpc) is 3.20. The minimum atomic E-state index is -2.90. The minimum Gasteiger partial charge on any atom is -0.494 e. The van der Waals surface area contributed by atoms with Crippen LogP contribution in [-0.2, 0) is 6.54 Å². The molecule has 3 aromatic heterocycles. The summed E-state index contributed by atoms with van der Waals surface area (Å²) < 4.78 is 48.8. The lowest BCUT2D eigenvalue weighted by molar-refractivity contribution is 0.0904. The normalized spacial score (nSPS) is 17.5. The molecule has 1 N–H and O–H groups in total. The van der Waals surface area contributed by atoms with Crippen LogP contribution < -0.4 is 15.7 Å². The molecule has 1 saturated carbocycles. The van der Waals surface area contributed by atoms with Gasteiger partial charge >= 0.3 is 5.69 Å². The van der Waals surface area contributed by atoms with Crippen molar-refractivity contribution in [3.8, 4) is 11.4 Å². The second kappa shape index (κ2) is 11.1. The number of halogens is 4. The van der Waals surface area contributed by atoms with E-state index in [-0.39, 0.29) is 34.0 Å². The number of methoxy groups -OCH3 is 1. The lowest BCUT2D eigenvalue weighted by Gasteiger charge is -2.29. The summed E-state index contributed by atoms with van der Waals surface area (Å²) in [5.74, 6) is -1.01. The fourth-order valence-corrected chi connectivity index (χ4v) is 5.26. The molecule has 1 fully saturated rings. The molecule has 12 heteroatoms. The van der Waals surface area contributed by atoms with Crippen molar-refractivity contribution < 1.29 is 22.7 Å². The van der Waals surface area contributed by atoms with Gasteiger partial charge in [0.05, 0.1) is 28.9 Å². The summed E-state index contributed by atoms with van der Waals surface area (Å²) in [6, 6.07) is 8.73. The molecule has 0 atom stereocenters. The number of imidazole rings is 1. The molecule has 1 aliphatic carbocycles. The molecule has 0 radical (unpaired) electrons. The van der Waals surface area contributed by atoms with E-state index < -0.39 is 23.8 Å². The number of alkyl halides is 2. The van der Waals surface area contributed by atoms with Crippen LogP contribution in [0.1, 0.15) is 48.2 Å². The molecular weight excluding hydrogens is 535 g/mol. The Hall–Kier alpha value is -3.86. The standard InChI is InChI=1S/C27H25ClF3N5O3/c1-39-22-12-18(8-9-20(22)29)36-21-3-2-10-32-25(21)35(27(36)38)14-15-4-6-17(7-5-15)34-26(37)19-11-16(28)13-33-23(19)24(30)31/h2-3,8-13,15,17,24H,4-7,14H2,1H3,(H,34,37)/t15-,17-. The zero-order valence-corrected chi connectivity index (χ0v) is 21.7. The van der Waals surface area contributed by atoms with Crippen molar-refractivity contribution in [2.45, 2.75) is 44.7 Å². The van der Waals surface area contributed by atoms with Crippen LogP contribution in [-0.4, -0.2) is 38.2 Å². The number of nitrogens with one attached hydrogen (secondary N) is 1. The van der Waals surface area contributed by atoms with E-state index >= 15 is 0 Å². The van der Waals surface area contributed by atoms with Gasteiger partial charge in [-0.1, -0.05) is 11.6 Å². The summed E-state index contributed by atoms with van der Waals surface area (Å²) >= 11 is 5.88. The molecule has 1 amide bonds. The van der Waals surface area contributed by atoms with Crippen molar-refractivity contribution in [1.29, 1.82) is 0 Å². The second-order valence-electron chi connectivity index (χ2n) is 9.47. The first-order valence-electron chi connectivity index (χ1n) is 12.4. The largest absolute Gasteiger partial charge is 0.494 e. The number of hydrogen-bond acceptors (Lipinski definition) is 5. The molecule has 1 aromatic carbocycles. The lowest BCUT2D eigenvalue weighted by Crippen LogP contribution is -2.39. The SMILES string of the molecule is COc1cc(-n2c(=O)n(C[C@H]3CC[C@H](NC(=O)c4cc(Cl)cnc4C(F)F)CC3)c3ncccc32)ccc1F. The van der Waals surface area contributed by atoms with Crippen LogP contribution in [0.5, 0.6) is 5.75 Å². The van der Waals surface area contributed by atoms with Crippen LogP contribution >= 0.6 is 11.6 Å². The van der Waals surface area contributed by atoms with Crippen molar-refractivity contribution >= 4 is 28.7 Å². The van der Waals surface area contributed by atoms with Crippen molar-refractivity contribution in [2.24, 2.45) is 5.92 Å². The Labute approximate surface area is 226 Å². The third-order valence-corrected chi connectivity index (χ3v) is 7.24. The number of rotatable bonds is 7. The highest BCUT2D eigenvalue weighted by Gasteiger charge is 2.27. The lowest BCUT2D eigenvalue weighted by atomic mass is 9.86. The summed E-state index contributed by atoms with van der Waals surface area (Å²) in [5, 5.41) is 2.93. The third kappa shape index (κ3) is 5.36. The fraction of sp³-hybridized carbons (Fsp3) is 0.333. The predicted octanol–water partition coefficient (Wildman–Crippen LogP) is 5.31. The highest BCUT2D eigenvalue weighted by molar-refractivity contribution is 6.30. The zero-order chi connectivity index (χ0) is 27.7. The Balaban J connectivity index is 1.32. The quantitative estimate of drug-likeness (QED) is 0.331. The van der Waals surface area contributed by atoms with E-state index in [0.29, 0.717) is 49.1 Å². The van der Waals surface area contributed by atoms with Crippen LogP contribution in [0, 0.1) is 11.7 Å². The molecule has 5 rings (SSSR count). The van der Waals surface area contributed by atoms with Crippen molar-refractivity contribution in [2.75, 3.05) is 7.11 Å². The summed E-state index contributed by atoms with van der Waals surface area (Å²) in [7, 11) is 1.36.